The summed E-state index contributed by atoms with van der Waals surface area (Å²) < 4.78 is 26.4. The van der Waals surface area contributed by atoms with Crippen molar-refractivity contribution in [3.63, 3.8) is 0 Å². The average Bonchev–Trinajstić information content (AvgIpc) is 2.99. The Morgan fingerprint density at radius 1 is 1.09 bits per heavy atom. The third-order valence-electron chi connectivity index (χ3n) is 5.39. The molecule has 1 atom stereocenters. The van der Waals surface area contributed by atoms with E-state index in [0.29, 0.717) is 27.9 Å². The molecule has 1 aliphatic heterocycles. The molecule has 3 rings (SSSR count). The maximum atomic E-state index is 13.4. The van der Waals surface area contributed by atoms with Crippen LogP contribution in [0.25, 0.3) is 0 Å². The molecule has 0 bridgehead atoms. The molecular weight excluding hydrogens is 466 g/mol. The molecule has 3 amide bonds. The number of carbonyl (C=O) groups is 3. The molecule has 0 saturated carbocycles. The molecule has 176 valence electrons. The fourth-order valence-electron chi connectivity index (χ4n) is 3.67. The van der Waals surface area contributed by atoms with Gasteiger partial charge in [0.15, 0.2) is 0 Å². The standard InChI is InChI=1S/C23H26ClN3O5S/c1-3-13-25-22(29)19(4-2)26(14-16-9-11-17(24)12-10-16)21(28)15-27-23(30)18-7-5-6-8-20(18)33(27,31)32/h5-12,19H,3-4,13-15H2,1-2H3,(H,25,29)/t19-/m0/s1. The highest BCUT2D eigenvalue weighted by Gasteiger charge is 2.43. The number of fused-ring (bicyclic) bond motifs is 1. The van der Waals surface area contributed by atoms with Crippen LogP contribution < -0.4 is 5.32 Å². The largest absolute Gasteiger partial charge is 0.354 e. The van der Waals surface area contributed by atoms with Crippen molar-refractivity contribution in [2.24, 2.45) is 0 Å². The number of rotatable bonds is 9. The average molecular weight is 492 g/mol. The molecule has 0 aromatic heterocycles. The van der Waals surface area contributed by atoms with Gasteiger partial charge in [-0.15, -0.1) is 0 Å². The number of halogens is 1. The van der Waals surface area contributed by atoms with Gasteiger partial charge in [-0.25, -0.2) is 12.7 Å². The molecule has 8 nitrogen and oxygen atoms in total. The fourth-order valence-corrected chi connectivity index (χ4v) is 5.32. The van der Waals surface area contributed by atoms with Gasteiger partial charge >= 0.3 is 0 Å². The smallest absolute Gasteiger partial charge is 0.269 e. The lowest BCUT2D eigenvalue weighted by molar-refractivity contribution is -0.141. The maximum absolute atomic E-state index is 13.4. The lowest BCUT2D eigenvalue weighted by Crippen LogP contribution is -2.52. The van der Waals surface area contributed by atoms with Crippen LogP contribution in [0.5, 0.6) is 0 Å². The van der Waals surface area contributed by atoms with E-state index in [-0.39, 0.29) is 22.9 Å². The Hall–Kier alpha value is -2.91. The van der Waals surface area contributed by atoms with Gasteiger partial charge in [-0.05, 0) is 42.7 Å². The van der Waals surface area contributed by atoms with E-state index in [1.54, 1.807) is 37.3 Å². The van der Waals surface area contributed by atoms with Gasteiger partial charge in [0.25, 0.3) is 15.9 Å². The summed E-state index contributed by atoms with van der Waals surface area (Å²) in [6.07, 6.45) is 1.04. The van der Waals surface area contributed by atoms with E-state index in [1.165, 1.54) is 23.1 Å². The summed E-state index contributed by atoms with van der Waals surface area (Å²) in [6.45, 7) is 3.50. The van der Waals surface area contributed by atoms with Crippen molar-refractivity contribution in [2.45, 2.75) is 44.2 Å². The van der Waals surface area contributed by atoms with Gasteiger partial charge in [0, 0.05) is 18.1 Å². The Morgan fingerprint density at radius 3 is 2.36 bits per heavy atom. The van der Waals surface area contributed by atoms with Crippen LogP contribution in [0, 0.1) is 0 Å². The first-order chi connectivity index (χ1) is 15.7. The number of hydrogen-bond acceptors (Lipinski definition) is 5. The minimum atomic E-state index is -4.15. The third kappa shape index (κ3) is 5.20. The zero-order valence-electron chi connectivity index (χ0n) is 18.5. The molecule has 1 N–H and O–H groups in total. The van der Waals surface area contributed by atoms with Crippen LogP contribution in [0.2, 0.25) is 5.02 Å². The molecule has 1 aliphatic rings. The summed E-state index contributed by atoms with van der Waals surface area (Å²) in [5.41, 5.74) is 0.746. The van der Waals surface area contributed by atoms with Crippen molar-refractivity contribution in [3.05, 3.63) is 64.7 Å². The highest BCUT2D eigenvalue weighted by molar-refractivity contribution is 7.90. The van der Waals surface area contributed by atoms with E-state index in [2.05, 4.69) is 5.32 Å². The van der Waals surface area contributed by atoms with Gasteiger partial charge in [0.2, 0.25) is 11.8 Å². The van der Waals surface area contributed by atoms with Crippen molar-refractivity contribution in [1.82, 2.24) is 14.5 Å². The van der Waals surface area contributed by atoms with E-state index in [4.69, 9.17) is 11.6 Å². The third-order valence-corrected chi connectivity index (χ3v) is 7.43. The number of benzene rings is 2. The number of nitrogens with zero attached hydrogens (tertiary/aromatic N) is 2. The fraction of sp³-hybridized carbons (Fsp3) is 0.348. The minimum Gasteiger partial charge on any atom is -0.354 e. The Bertz CT molecular complexity index is 1150. The van der Waals surface area contributed by atoms with Crippen LogP contribution in [-0.2, 0) is 26.2 Å². The molecule has 0 saturated heterocycles. The first kappa shape index (κ1) is 24.7. The second-order valence-electron chi connectivity index (χ2n) is 7.68. The maximum Gasteiger partial charge on any atom is 0.269 e. The van der Waals surface area contributed by atoms with Crippen LogP contribution >= 0.6 is 11.6 Å². The van der Waals surface area contributed by atoms with Crippen LogP contribution in [0.4, 0.5) is 0 Å². The predicted octanol–water partition coefficient (Wildman–Crippen LogP) is 2.82. The van der Waals surface area contributed by atoms with E-state index >= 15 is 0 Å². The molecule has 1 heterocycles. The molecule has 10 heteroatoms. The summed E-state index contributed by atoms with van der Waals surface area (Å²) in [5, 5.41) is 3.32. The lowest BCUT2D eigenvalue weighted by atomic mass is 10.1. The first-order valence-electron chi connectivity index (χ1n) is 10.7. The Labute approximate surface area is 198 Å². The quantitative estimate of drug-likeness (QED) is 0.581. The zero-order valence-corrected chi connectivity index (χ0v) is 20.0. The van der Waals surface area contributed by atoms with Gasteiger partial charge in [-0.3, -0.25) is 14.4 Å². The van der Waals surface area contributed by atoms with Crippen LogP contribution in [0.3, 0.4) is 0 Å². The Balaban J connectivity index is 1.91. The topological polar surface area (TPSA) is 104 Å². The summed E-state index contributed by atoms with van der Waals surface area (Å²) in [4.78, 5) is 40.2. The van der Waals surface area contributed by atoms with E-state index in [1.807, 2.05) is 6.92 Å². The molecule has 0 fully saturated rings. The van der Waals surface area contributed by atoms with Crippen molar-refractivity contribution >= 4 is 39.3 Å². The normalized spacial score (nSPS) is 15.1. The second-order valence-corrected chi connectivity index (χ2v) is 9.94. The molecule has 0 unspecified atom stereocenters. The number of nitrogens with one attached hydrogen (secondary N) is 1. The molecule has 0 aliphatic carbocycles. The summed E-state index contributed by atoms with van der Waals surface area (Å²) >= 11 is 5.96. The van der Waals surface area contributed by atoms with Crippen LogP contribution in [-0.4, -0.2) is 54.5 Å². The SMILES string of the molecule is CCCNC(=O)[C@H](CC)N(Cc1ccc(Cl)cc1)C(=O)CN1C(=O)c2ccccc2S1(=O)=O. The van der Waals surface area contributed by atoms with Gasteiger partial charge in [0.1, 0.15) is 17.5 Å². The van der Waals surface area contributed by atoms with Crippen LogP contribution in [0.15, 0.2) is 53.4 Å². The van der Waals surface area contributed by atoms with E-state index in [0.717, 1.165) is 6.42 Å². The summed E-state index contributed by atoms with van der Waals surface area (Å²) in [5.74, 6) is -1.73. The minimum absolute atomic E-state index is 0.0299. The number of hydrogen-bond donors (Lipinski definition) is 1. The predicted molar refractivity (Wildman–Crippen MR) is 124 cm³/mol. The molecule has 2 aromatic rings. The van der Waals surface area contributed by atoms with E-state index < -0.39 is 34.4 Å². The highest BCUT2D eigenvalue weighted by atomic mass is 35.5. The van der Waals surface area contributed by atoms with Gasteiger partial charge in [0.05, 0.1) is 5.56 Å². The first-order valence-corrected chi connectivity index (χ1v) is 12.5. The van der Waals surface area contributed by atoms with Crippen LogP contribution in [0.1, 0.15) is 42.6 Å². The number of amides is 3. The van der Waals surface area contributed by atoms with Gasteiger partial charge in [-0.2, -0.15) is 0 Å². The zero-order chi connectivity index (χ0) is 24.2. The number of carbonyl (C=O) groups excluding carboxylic acids is 3. The van der Waals surface area contributed by atoms with Crippen molar-refractivity contribution in [3.8, 4) is 0 Å². The summed E-state index contributed by atoms with van der Waals surface area (Å²) in [7, 11) is -4.15. The van der Waals surface area contributed by atoms with Gasteiger partial charge in [-0.1, -0.05) is 49.7 Å². The van der Waals surface area contributed by atoms with Crippen molar-refractivity contribution in [2.75, 3.05) is 13.1 Å². The Morgan fingerprint density at radius 2 is 1.76 bits per heavy atom. The molecule has 33 heavy (non-hydrogen) atoms. The van der Waals surface area contributed by atoms with Crippen molar-refractivity contribution < 1.29 is 22.8 Å². The lowest BCUT2D eigenvalue weighted by Gasteiger charge is -2.31. The monoisotopic (exact) mass is 491 g/mol. The van der Waals surface area contributed by atoms with Crippen molar-refractivity contribution in [1.29, 1.82) is 0 Å². The summed E-state index contributed by atoms with van der Waals surface area (Å²) in [6, 6.07) is 11.8. The molecular formula is C23H26ClN3O5S. The molecule has 0 spiro atoms. The second kappa shape index (κ2) is 10.4. The Kier molecular flexibility index (Phi) is 7.76. The van der Waals surface area contributed by atoms with E-state index in [9.17, 15) is 22.8 Å². The molecule has 2 aromatic carbocycles. The molecule has 0 radical (unpaired) electrons. The van der Waals surface area contributed by atoms with Gasteiger partial charge < -0.3 is 10.2 Å². The highest BCUT2D eigenvalue weighted by Crippen LogP contribution is 2.30. The number of sulfonamides is 1.